The number of hydrogen-bond donors (Lipinski definition) is 1. The molecule has 0 unspecified atom stereocenters. The highest BCUT2D eigenvalue weighted by Gasteiger charge is 2.05. The van der Waals surface area contributed by atoms with Crippen LogP contribution in [0.15, 0.2) is 41.4 Å². The van der Waals surface area contributed by atoms with Gasteiger partial charge in [-0.3, -0.25) is 0 Å². The van der Waals surface area contributed by atoms with Crippen LogP contribution in [0.4, 0.5) is 5.82 Å². The topological polar surface area (TPSA) is 48.1 Å². The molecule has 0 radical (unpaired) electrons. The monoisotopic (exact) mass is 288 g/mol. The summed E-state index contributed by atoms with van der Waals surface area (Å²) in [6.07, 6.45) is 2.81. The third-order valence-electron chi connectivity index (χ3n) is 3.06. The molecular weight excluding hydrogens is 268 g/mol. The minimum absolute atomic E-state index is 0.556. The Morgan fingerprint density at radius 3 is 2.85 bits per heavy atom. The summed E-state index contributed by atoms with van der Waals surface area (Å²) < 4.78 is 5.07. The molecule has 0 aliphatic heterocycles. The third-order valence-corrected chi connectivity index (χ3v) is 4.14. The lowest BCUT2D eigenvalue weighted by Crippen LogP contribution is -1.92. The second-order valence-corrected chi connectivity index (χ2v) is 5.81. The molecule has 0 amide bonds. The number of benzene rings is 1. The Morgan fingerprint density at radius 1 is 1.25 bits per heavy atom. The molecule has 1 aromatic carbocycles. The van der Waals surface area contributed by atoms with Crippen LogP contribution in [-0.4, -0.2) is 24.5 Å². The average Bonchev–Trinajstić information content (AvgIpc) is 2.45. The van der Waals surface area contributed by atoms with E-state index >= 15 is 0 Å². The first-order valence-electron chi connectivity index (χ1n) is 6.65. The maximum absolute atomic E-state index is 5.77. The number of aromatic nitrogens is 1. The number of methoxy groups -OCH3 is 1. The van der Waals surface area contributed by atoms with Gasteiger partial charge in [0.1, 0.15) is 5.82 Å². The summed E-state index contributed by atoms with van der Waals surface area (Å²) in [6, 6.07) is 10.5. The molecule has 0 saturated heterocycles. The van der Waals surface area contributed by atoms with Crippen molar-refractivity contribution in [3.63, 3.8) is 0 Å². The molecule has 0 atom stereocenters. The van der Waals surface area contributed by atoms with E-state index in [1.165, 1.54) is 16.0 Å². The highest BCUT2D eigenvalue weighted by Crippen LogP contribution is 2.29. The van der Waals surface area contributed by atoms with Gasteiger partial charge in [0.2, 0.25) is 0 Å². The zero-order chi connectivity index (χ0) is 14.4. The first kappa shape index (κ1) is 14.9. The normalized spacial score (nSPS) is 10.7. The molecule has 3 nitrogen and oxygen atoms in total. The van der Waals surface area contributed by atoms with Gasteiger partial charge < -0.3 is 10.5 Å². The van der Waals surface area contributed by atoms with Crippen LogP contribution in [0.25, 0.3) is 11.1 Å². The summed E-state index contributed by atoms with van der Waals surface area (Å²) in [5.74, 6) is 1.62. The highest BCUT2D eigenvalue weighted by molar-refractivity contribution is 7.99. The lowest BCUT2D eigenvalue weighted by atomic mass is 10.0. The molecule has 2 rings (SSSR count). The number of rotatable bonds is 6. The Labute approximate surface area is 124 Å². The molecule has 0 saturated carbocycles. The van der Waals surface area contributed by atoms with Gasteiger partial charge in [0.05, 0.1) is 0 Å². The van der Waals surface area contributed by atoms with Gasteiger partial charge in [-0.1, -0.05) is 6.07 Å². The van der Waals surface area contributed by atoms with Gasteiger partial charge in [0.25, 0.3) is 0 Å². The lowest BCUT2D eigenvalue weighted by molar-refractivity contribution is 0.200. The molecule has 0 fully saturated rings. The molecule has 0 spiro atoms. The summed E-state index contributed by atoms with van der Waals surface area (Å²) in [6.45, 7) is 2.93. The second kappa shape index (κ2) is 7.31. The molecule has 2 N–H and O–H groups in total. The van der Waals surface area contributed by atoms with E-state index < -0.39 is 0 Å². The minimum Gasteiger partial charge on any atom is -0.385 e. The van der Waals surface area contributed by atoms with E-state index in [4.69, 9.17) is 10.5 Å². The van der Waals surface area contributed by atoms with Crippen molar-refractivity contribution in [3.05, 3.63) is 42.1 Å². The van der Waals surface area contributed by atoms with Gasteiger partial charge in [0.15, 0.2) is 0 Å². The predicted molar refractivity (Wildman–Crippen MR) is 86.0 cm³/mol. The first-order valence-corrected chi connectivity index (χ1v) is 7.63. The Bertz CT molecular complexity index is 572. The van der Waals surface area contributed by atoms with Crippen molar-refractivity contribution in [2.24, 2.45) is 0 Å². The van der Waals surface area contributed by atoms with Crippen LogP contribution in [0.2, 0.25) is 0 Å². The average molecular weight is 288 g/mol. The van der Waals surface area contributed by atoms with Crippen LogP contribution in [0.1, 0.15) is 12.0 Å². The van der Waals surface area contributed by atoms with Crippen LogP contribution in [0.3, 0.4) is 0 Å². The van der Waals surface area contributed by atoms with E-state index in [-0.39, 0.29) is 0 Å². The molecule has 0 bridgehead atoms. The SMILES string of the molecule is COCCCSc1ccc(C)c(-c2ccnc(N)c2)c1. The number of aryl methyl sites for hydroxylation is 1. The van der Waals surface area contributed by atoms with Crippen LogP contribution < -0.4 is 5.73 Å². The second-order valence-electron chi connectivity index (χ2n) is 4.64. The summed E-state index contributed by atoms with van der Waals surface area (Å²) in [4.78, 5) is 5.32. The zero-order valence-electron chi connectivity index (χ0n) is 11.9. The van der Waals surface area contributed by atoms with Gasteiger partial charge in [0, 0.05) is 30.6 Å². The largest absolute Gasteiger partial charge is 0.385 e. The molecule has 4 heteroatoms. The smallest absolute Gasteiger partial charge is 0.123 e. The number of nitrogens with two attached hydrogens (primary N) is 1. The van der Waals surface area contributed by atoms with Gasteiger partial charge in [-0.15, -0.1) is 11.8 Å². The Morgan fingerprint density at radius 2 is 2.10 bits per heavy atom. The lowest BCUT2D eigenvalue weighted by Gasteiger charge is -2.09. The fourth-order valence-electron chi connectivity index (χ4n) is 2.01. The highest BCUT2D eigenvalue weighted by atomic mass is 32.2. The van der Waals surface area contributed by atoms with E-state index in [0.717, 1.165) is 24.3 Å². The number of nitrogen functional groups attached to an aromatic ring is 1. The molecule has 1 aromatic heterocycles. The van der Waals surface area contributed by atoms with Crippen molar-refractivity contribution in [1.29, 1.82) is 0 Å². The van der Waals surface area contributed by atoms with Crippen LogP contribution in [-0.2, 0) is 4.74 Å². The maximum Gasteiger partial charge on any atom is 0.123 e. The summed E-state index contributed by atoms with van der Waals surface area (Å²) in [5.41, 5.74) is 9.35. The summed E-state index contributed by atoms with van der Waals surface area (Å²) in [7, 11) is 1.74. The zero-order valence-corrected chi connectivity index (χ0v) is 12.7. The molecule has 106 valence electrons. The molecule has 2 aromatic rings. The van der Waals surface area contributed by atoms with Crippen molar-refractivity contribution in [2.45, 2.75) is 18.2 Å². The van der Waals surface area contributed by atoms with Gasteiger partial charge in [-0.05, 0) is 54.3 Å². The molecule has 0 aliphatic carbocycles. The van der Waals surface area contributed by atoms with Crippen molar-refractivity contribution >= 4 is 17.6 Å². The number of pyridine rings is 1. The number of thioether (sulfide) groups is 1. The van der Waals surface area contributed by atoms with E-state index in [9.17, 15) is 0 Å². The quantitative estimate of drug-likeness (QED) is 0.649. The standard InChI is InChI=1S/C16H20N2OS/c1-12-4-5-14(20-9-3-8-19-2)11-15(12)13-6-7-18-16(17)10-13/h4-7,10-11H,3,8-9H2,1-2H3,(H2,17,18). The number of anilines is 1. The first-order chi connectivity index (χ1) is 9.70. The van der Waals surface area contributed by atoms with Crippen molar-refractivity contribution in [1.82, 2.24) is 4.98 Å². The van der Waals surface area contributed by atoms with Gasteiger partial charge in [-0.25, -0.2) is 4.98 Å². The molecule has 20 heavy (non-hydrogen) atoms. The van der Waals surface area contributed by atoms with Crippen LogP contribution in [0, 0.1) is 6.92 Å². The fraction of sp³-hybridized carbons (Fsp3) is 0.312. The number of hydrogen-bond acceptors (Lipinski definition) is 4. The number of ether oxygens (including phenoxy) is 1. The Hall–Kier alpha value is -1.52. The summed E-state index contributed by atoms with van der Waals surface area (Å²) >= 11 is 1.86. The number of nitrogens with zero attached hydrogens (tertiary/aromatic N) is 1. The fourth-order valence-corrected chi connectivity index (χ4v) is 2.87. The van der Waals surface area contributed by atoms with E-state index in [1.54, 1.807) is 13.3 Å². The minimum atomic E-state index is 0.556. The third kappa shape index (κ3) is 3.99. The van der Waals surface area contributed by atoms with E-state index in [2.05, 4.69) is 30.1 Å². The van der Waals surface area contributed by atoms with Crippen LogP contribution in [0.5, 0.6) is 0 Å². The molecule has 1 heterocycles. The Balaban J connectivity index is 2.16. The van der Waals surface area contributed by atoms with Crippen LogP contribution >= 0.6 is 11.8 Å². The van der Waals surface area contributed by atoms with Crippen molar-refractivity contribution in [2.75, 3.05) is 25.2 Å². The molecular formula is C16H20N2OS. The Kier molecular flexibility index (Phi) is 5.44. The van der Waals surface area contributed by atoms with Gasteiger partial charge >= 0.3 is 0 Å². The van der Waals surface area contributed by atoms with Crippen molar-refractivity contribution in [3.8, 4) is 11.1 Å². The van der Waals surface area contributed by atoms with E-state index in [0.29, 0.717) is 5.82 Å². The van der Waals surface area contributed by atoms with Gasteiger partial charge in [-0.2, -0.15) is 0 Å². The maximum atomic E-state index is 5.77. The van der Waals surface area contributed by atoms with E-state index in [1.807, 2.05) is 23.9 Å². The van der Waals surface area contributed by atoms with Crippen molar-refractivity contribution < 1.29 is 4.74 Å². The summed E-state index contributed by atoms with van der Waals surface area (Å²) in [5, 5.41) is 0. The molecule has 0 aliphatic rings. The predicted octanol–water partition coefficient (Wildman–Crippen LogP) is 3.77.